The molecule has 0 aromatic carbocycles. The predicted octanol–water partition coefficient (Wildman–Crippen LogP) is 1.70. The number of rotatable bonds is 6. The molecule has 1 fully saturated rings. The highest BCUT2D eigenvalue weighted by molar-refractivity contribution is 5.84. The molecule has 4 rings (SSSR count). The van der Waals surface area contributed by atoms with Crippen molar-refractivity contribution in [2.45, 2.75) is 32.4 Å². The number of imidazole rings is 1. The Morgan fingerprint density at radius 3 is 2.10 bits per heavy atom. The van der Waals surface area contributed by atoms with Crippen LogP contribution in [-0.4, -0.2) is 72.0 Å². The van der Waals surface area contributed by atoms with E-state index in [1.165, 1.54) is 24.2 Å². The maximum Gasteiger partial charge on any atom is 0.423 e. The fourth-order valence-electron chi connectivity index (χ4n) is 3.96. The van der Waals surface area contributed by atoms with Crippen molar-refractivity contribution >= 4 is 23.3 Å². The van der Waals surface area contributed by atoms with Gasteiger partial charge in [-0.15, -0.1) is 0 Å². The molecule has 0 radical (unpaired) electrons. The molecule has 1 aliphatic rings. The Morgan fingerprint density at radius 2 is 1.52 bits per heavy atom. The van der Waals surface area contributed by atoms with E-state index in [0.717, 1.165) is 15.3 Å². The van der Waals surface area contributed by atoms with Gasteiger partial charge in [-0.1, -0.05) is 0 Å². The molecule has 0 spiro atoms. The smallest absolute Gasteiger partial charge is 0.338 e. The summed E-state index contributed by atoms with van der Waals surface area (Å²) >= 11 is 0. The van der Waals surface area contributed by atoms with Gasteiger partial charge in [0.1, 0.15) is 17.8 Å². The maximum atomic E-state index is 13.2. The summed E-state index contributed by atoms with van der Waals surface area (Å²) in [5.74, 6) is -0.286. The van der Waals surface area contributed by atoms with Gasteiger partial charge in [0.05, 0.1) is 18.3 Å². The van der Waals surface area contributed by atoms with Gasteiger partial charge in [0.25, 0.3) is 5.56 Å². The highest BCUT2D eigenvalue weighted by Crippen LogP contribution is 2.33. The van der Waals surface area contributed by atoms with Crippen LogP contribution >= 0.6 is 0 Å². The van der Waals surface area contributed by atoms with Crippen molar-refractivity contribution in [2.24, 2.45) is 4.99 Å². The number of aromatic nitrogens is 6. The lowest BCUT2D eigenvalue weighted by molar-refractivity contribution is -0.139. The highest BCUT2D eigenvalue weighted by atomic mass is 19.4. The minimum atomic E-state index is -4.97. The van der Waals surface area contributed by atoms with Gasteiger partial charge in [-0.3, -0.25) is 23.7 Å². The zero-order valence-corrected chi connectivity index (χ0v) is 20.7. The number of amides is 1. The quantitative estimate of drug-likeness (QED) is 0.351. The van der Waals surface area contributed by atoms with Crippen molar-refractivity contribution in [1.82, 2.24) is 34.2 Å². The van der Waals surface area contributed by atoms with Crippen molar-refractivity contribution in [3.63, 3.8) is 0 Å². The number of aliphatic imine (C=N–C) groups is 1. The molecule has 0 saturated carbocycles. The summed E-state index contributed by atoms with van der Waals surface area (Å²) < 4.78 is 80.1. The first kappa shape index (κ1) is 28.5. The molecule has 1 saturated heterocycles. The molecule has 3 aromatic rings. The molecule has 1 N–H and O–H groups in total. The van der Waals surface area contributed by atoms with Crippen molar-refractivity contribution in [1.29, 1.82) is 0 Å². The number of anilines is 1. The number of hydrogen-bond acceptors (Lipinski definition) is 8. The molecule has 3 aromatic heterocycles. The molecule has 0 aliphatic carbocycles. The van der Waals surface area contributed by atoms with Crippen LogP contribution in [0.25, 0.3) is 0 Å². The van der Waals surface area contributed by atoms with Gasteiger partial charge >= 0.3 is 18.0 Å². The first-order valence-electron chi connectivity index (χ1n) is 11.6. The number of nitrogens with zero attached hydrogens (tertiary/aromatic N) is 8. The topological polar surface area (TPSA) is 134 Å². The second-order valence-corrected chi connectivity index (χ2v) is 8.78. The number of carbonyl (C=O) groups excluding carboxylic acids is 1. The number of hydrogen-bond donors (Lipinski definition) is 1. The molecular weight excluding hydrogens is 552 g/mol. The average Bonchev–Trinajstić information content (AvgIpc) is 3.21. The molecular formula is C22H21F6N9O3. The van der Waals surface area contributed by atoms with Gasteiger partial charge in [-0.05, 0) is 6.92 Å². The van der Waals surface area contributed by atoms with E-state index in [1.807, 2.05) is 0 Å². The molecule has 0 bridgehead atoms. The van der Waals surface area contributed by atoms with E-state index < -0.39 is 40.4 Å². The second-order valence-electron chi connectivity index (χ2n) is 8.78. The van der Waals surface area contributed by atoms with Gasteiger partial charge in [0, 0.05) is 56.7 Å². The third kappa shape index (κ3) is 6.37. The first-order chi connectivity index (χ1) is 18.7. The van der Waals surface area contributed by atoms with Crippen LogP contribution in [0.4, 0.5) is 38.0 Å². The molecule has 0 unspecified atom stereocenters. The van der Waals surface area contributed by atoms with E-state index in [2.05, 4.69) is 20.1 Å². The van der Waals surface area contributed by atoms with Gasteiger partial charge in [0.15, 0.2) is 0 Å². The Bertz CT molecular complexity index is 1510. The Kier molecular flexibility index (Phi) is 7.79. The molecule has 12 nitrogen and oxygen atoms in total. The Hall–Kier alpha value is -4.51. The third-order valence-corrected chi connectivity index (χ3v) is 5.93. The normalized spacial score (nSPS) is 15.0. The van der Waals surface area contributed by atoms with Crippen LogP contribution < -0.4 is 16.1 Å². The van der Waals surface area contributed by atoms with Gasteiger partial charge in [-0.25, -0.2) is 19.9 Å². The van der Waals surface area contributed by atoms with E-state index >= 15 is 0 Å². The lowest BCUT2D eigenvalue weighted by atomic mass is 10.2. The molecule has 1 amide bonds. The Balaban J connectivity index is 1.37. The summed E-state index contributed by atoms with van der Waals surface area (Å²) in [6, 6.07) is 0. The number of nitrogens with one attached hydrogen (secondary N) is 1. The monoisotopic (exact) mass is 573 g/mol. The van der Waals surface area contributed by atoms with Crippen LogP contribution in [0.15, 0.2) is 45.6 Å². The van der Waals surface area contributed by atoms with Crippen LogP contribution in [0.2, 0.25) is 0 Å². The molecule has 4 heterocycles. The fraction of sp³-hybridized carbons (Fsp3) is 0.409. The minimum absolute atomic E-state index is 0.0747. The number of carbonyl (C=O) groups is 1. The zero-order valence-electron chi connectivity index (χ0n) is 20.7. The molecule has 0 atom stereocenters. The summed E-state index contributed by atoms with van der Waals surface area (Å²) in [4.78, 5) is 51.5. The van der Waals surface area contributed by atoms with Crippen LogP contribution in [0.5, 0.6) is 0 Å². The fourth-order valence-corrected chi connectivity index (χ4v) is 3.96. The summed E-state index contributed by atoms with van der Waals surface area (Å²) in [7, 11) is 0. The number of halogens is 6. The lowest BCUT2D eigenvalue weighted by Gasteiger charge is -2.34. The minimum Gasteiger partial charge on any atom is -0.338 e. The largest absolute Gasteiger partial charge is 0.423 e. The van der Waals surface area contributed by atoms with Gasteiger partial charge < -0.3 is 9.80 Å². The zero-order chi connectivity index (χ0) is 29.2. The van der Waals surface area contributed by atoms with E-state index in [9.17, 15) is 40.7 Å². The number of aromatic amines is 1. The summed E-state index contributed by atoms with van der Waals surface area (Å²) in [5, 5.41) is 5.05. The summed E-state index contributed by atoms with van der Waals surface area (Å²) in [6.45, 7) is 1.81. The van der Waals surface area contributed by atoms with E-state index in [0.29, 0.717) is 12.4 Å². The number of H-pyrrole nitrogens is 1. The van der Waals surface area contributed by atoms with Crippen molar-refractivity contribution in [3.05, 3.63) is 62.9 Å². The third-order valence-electron chi connectivity index (χ3n) is 5.93. The van der Waals surface area contributed by atoms with E-state index in [4.69, 9.17) is 0 Å². The maximum absolute atomic E-state index is 13.2. The van der Waals surface area contributed by atoms with Crippen LogP contribution in [0, 0.1) is 0 Å². The summed E-state index contributed by atoms with van der Waals surface area (Å²) in [5.41, 5.74) is -5.16. The molecule has 1 aliphatic heterocycles. The van der Waals surface area contributed by atoms with Crippen molar-refractivity contribution < 1.29 is 31.1 Å². The molecule has 40 heavy (non-hydrogen) atoms. The second kappa shape index (κ2) is 10.9. The lowest BCUT2D eigenvalue weighted by Crippen LogP contribution is -2.50. The van der Waals surface area contributed by atoms with Crippen LogP contribution in [-0.2, 0) is 30.2 Å². The van der Waals surface area contributed by atoms with E-state index in [1.54, 1.807) is 10.00 Å². The average molecular weight is 573 g/mol. The number of piperazine rings is 1. The predicted molar refractivity (Wildman–Crippen MR) is 127 cm³/mol. The standard InChI is InChI=1S/C22H21F6N9O3/c1-13(32-15-10-31-33-18(39)17(15)22(26,27)28)11-36-6-7-37(20(36)40)12-16(38)34-2-4-35(5-3-34)19-29-8-14(9-30-19)21(23,24)25/h6-10H,2-5,11-12H2,1H3,(H,33,39)/b32-13+. The van der Waals surface area contributed by atoms with Gasteiger partial charge in [0.2, 0.25) is 11.9 Å². The highest BCUT2D eigenvalue weighted by Gasteiger charge is 2.37. The van der Waals surface area contributed by atoms with Crippen molar-refractivity contribution in [3.8, 4) is 0 Å². The van der Waals surface area contributed by atoms with E-state index in [-0.39, 0.29) is 56.8 Å². The SMILES string of the molecule is C/C(Cn1ccn(CC(=O)N2CCN(c3ncc(C(F)(F)F)cn3)CC2)c1=O)=N\c1cn[nH]c(=O)c1C(F)(F)F. The van der Waals surface area contributed by atoms with Crippen molar-refractivity contribution in [2.75, 3.05) is 31.1 Å². The first-order valence-corrected chi connectivity index (χ1v) is 11.6. The van der Waals surface area contributed by atoms with Crippen LogP contribution in [0.1, 0.15) is 18.1 Å². The molecule has 214 valence electrons. The Labute approximate surface area is 220 Å². The Morgan fingerprint density at radius 1 is 0.925 bits per heavy atom. The summed E-state index contributed by atoms with van der Waals surface area (Å²) in [6.07, 6.45) is -4.70. The van der Waals surface area contributed by atoms with Crippen LogP contribution in [0.3, 0.4) is 0 Å². The van der Waals surface area contributed by atoms with Gasteiger partial charge in [-0.2, -0.15) is 31.4 Å². The number of alkyl halides is 6. The molecule has 18 heteroatoms.